The van der Waals surface area contributed by atoms with Crippen molar-refractivity contribution < 1.29 is 8.42 Å². The first-order valence-corrected chi connectivity index (χ1v) is 6.40. The third-order valence-electron chi connectivity index (χ3n) is 2.23. The fourth-order valence-electron chi connectivity index (χ4n) is 1.36. The van der Waals surface area contributed by atoms with E-state index in [1.165, 1.54) is 6.07 Å². The largest absolute Gasteiger partial charge is 0.398 e. The molecule has 0 aliphatic carbocycles. The van der Waals surface area contributed by atoms with Gasteiger partial charge in [-0.15, -0.1) is 0 Å². The van der Waals surface area contributed by atoms with Gasteiger partial charge in [0.05, 0.1) is 11.9 Å². The summed E-state index contributed by atoms with van der Waals surface area (Å²) in [5.41, 5.74) is 6.60. The molecule has 7 heteroatoms. The van der Waals surface area contributed by atoms with E-state index in [0.717, 1.165) is 5.56 Å². The summed E-state index contributed by atoms with van der Waals surface area (Å²) in [4.78, 5) is 0.0866. The van der Waals surface area contributed by atoms with Crippen molar-refractivity contribution in [1.82, 2.24) is 14.9 Å². The molecule has 0 amide bonds. The van der Waals surface area contributed by atoms with Gasteiger partial charge in [-0.25, -0.2) is 13.1 Å². The maximum absolute atomic E-state index is 11.9. The Labute approximate surface area is 98.9 Å². The van der Waals surface area contributed by atoms with Crippen LogP contribution >= 0.6 is 0 Å². The number of hydrogen-bond donors (Lipinski definition) is 3. The van der Waals surface area contributed by atoms with Gasteiger partial charge in [0.25, 0.3) is 0 Å². The molecule has 0 aliphatic rings. The van der Waals surface area contributed by atoms with Gasteiger partial charge in [-0.2, -0.15) is 5.10 Å². The molecule has 1 aromatic heterocycles. The van der Waals surface area contributed by atoms with E-state index in [1.54, 1.807) is 30.6 Å². The van der Waals surface area contributed by atoms with Crippen LogP contribution in [-0.4, -0.2) is 18.6 Å². The number of para-hydroxylation sites is 1. The average molecular weight is 252 g/mol. The van der Waals surface area contributed by atoms with E-state index in [1.807, 2.05) is 0 Å². The standard InChI is InChI=1S/C10H12N4O2S/c11-9-3-1-2-4-10(9)17(15,16)14-7-8-5-12-13-6-8/h1-6,14H,7,11H2,(H,12,13). The van der Waals surface area contributed by atoms with Gasteiger partial charge in [0.2, 0.25) is 10.0 Å². The lowest BCUT2D eigenvalue weighted by Gasteiger charge is -2.07. The van der Waals surface area contributed by atoms with Crippen molar-refractivity contribution in [2.45, 2.75) is 11.4 Å². The predicted octanol–water partition coefficient (Wildman–Crippen LogP) is 0.470. The Morgan fingerprint density at radius 3 is 2.76 bits per heavy atom. The van der Waals surface area contributed by atoms with Gasteiger partial charge in [-0.3, -0.25) is 5.10 Å². The molecule has 90 valence electrons. The van der Waals surface area contributed by atoms with Crippen LogP contribution < -0.4 is 10.5 Å². The first kappa shape index (κ1) is 11.6. The van der Waals surface area contributed by atoms with E-state index >= 15 is 0 Å². The summed E-state index contributed by atoms with van der Waals surface area (Å²) in [6, 6.07) is 6.33. The Hall–Kier alpha value is -1.86. The van der Waals surface area contributed by atoms with E-state index in [0.29, 0.717) is 0 Å². The van der Waals surface area contributed by atoms with Crippen LogP contribution in [0.5, 0.6) is 0 Å². The van der Waals surface area contributed by atoms with Crippen LogP contribution in [0.25, 0.3) is 0 Å². The highest BCUT2D eigenvalue weighted by molar-refractivity contribution is 7.89. The molecule has 1 aromatic carbocycles. The van der Waals surface area contributed by atoms with Gasteiger partial charge in [0, 0.05) is 18.3 Å². The number of benzene rings is 1. The molecule has 0 spiro atoms. The van der Waals surface area contributed by atoms with Crippen LogP contribution in [0.15, 0.2) is 41.6 Å². The lowest BCUT2D eigenvalue weighted by atomic mass is 10.3. The van der Waals surface area contributed by atoms with Crippen molar-refractivity contribution in [3.63, 3.8) is 0 Å². The minimum Gasteiger partial charge on any atom is -0.398 e. The number of H-pyrrole nitrogens is 1. The molecule has 6 nitrogen and oxygen atoms in total. The summed E-state index contributed by atoms with van der Waals surface area (Å²) < 4.78 is 26.3. The monoisotopic (exact) mass is 252 g/mol. The molecule has 1 heterocycles. The SMILES string of the molecule is Nc1ccccc1S(=O)(=O)NCc1cn[nH]c1. The van der Waals surface area contributed by atoms with Gasteiger partial charge < -0.3 is 5.73 Å². The van der Waals surface area contributed by atoms with Crippen LogP contribution in [0.1, 0.15) is 5.56 Å². The fraction of sp³-hybridized carbons (Fsp3) is 0.100. The number of rotatable bonds is 4. The number of nitrogen functional groups attached to an aromatic ring is 1. The second-order valence-corrected chi connectivity index (χ2v) is 5.20. The number of nitrogens with two attached hydrogens (primary N) is 1. The van der Waals surface area contributed by atoms with Crippen LogP contribution in [0.3, 0.4) is 0 Å². The smallest absolute Gasteiger partial charge is 0.242 e. The number of sulfonamides is 1. The van der Waals surface area contributed by atoms with Crippen LogP contribution in [-0.2, 0) is 16.6 Å². The van der Waals surface area contributed by atoms with Crippen LogP contribution in [0, 0.1) is 0 Å². The number of nitrogens with zero attached hydrogens (tertiary/aromatic N) is 1. The first-order chi connectivity index (χ1) is 8.09. The number of aromatic amines is 1. The van der Waals surface area contributed by atoms with Crippen molar-refractivity contribution in [2.24, 2.45) is 0 Å². The summed E-state index contributed by atoms with van der Waals surface area (Å²) >= 11 is 0. The third-order valence-corrected chi connectivity index (χ3v) is 3.70. The Bertz CT molecular complexity index is 593. The van der Waals surface area contributed by atoms with E-state index in [-0.39, 0.29) is 17.1 Å². The molecule has 0 radical (unpaired) electrons. The highest BCUT2D eigenvalue weighted by Gasteiger charge is 2.16. The molecule has 0 unspecified atom stereocenters. The molecular weight excluding hydrogens is 240 g/mol. The highest BCUT2D eigenvalue weighted by atomic mass is 32.2. The average Bonchev–Trinajstić information content (AvgIpc) is 2.80. The van der Waals surface area contributed by atoms with Gasteiger partial charge in [-0.05, 0) is 12.1 Å². The second-order valence-electron chi connectivity index (χ2n) is 3.47. The molecule has 17 heavy (non-hydrogen) atoms. The lowest BCUT2D eigenvalue weighted by Crippen LogP contribution is -2.23. The van der Waals surface area contributed by atoms with Gasteiger partial charge in [0.15, 0.2) is 0 Å². The van der Waals surface area contributed by atoms with Crippen molar-refractivity contribution in [3.05, 3.63) is 42.2 Å². The zero-order valence-corrected chi connectivity index (χ0v) is 9.74. The third kappa shape index (κ3) is 2.63. The summed E-state index contributed by atoms with van der Waals surface area (Å²) in [6.45, 7) is 0.174. The molecule has 0 atom stereocenters. The highest BCUT2D eigenvalue weighted by Crippen LogP contribution is 2.16. The van der Waals surface area contributed by atoms with Crippen molar-refractivity contribution in [1.29, 1.82) is 0 Å². The van der Waals surface area contributed by atoms with Gasteiger partial charge in [-0.1, -0.05) is 12.1 Å². The topological polar surface area (TPSA) is 101 Å². The summed E-state index contributed by atoms with van der Waals surface area (Å²) in [6.07, 6.45) is 3.17. The minimum absolute atomic E-state index is 0.0866. The van der Waals surface area contributed by atoms with E-state index in [2.05, 4.69) is 14.9 Å². The molecule has 0 fully saturated rings. The summed E-state index contributed by atoms with van der Waals surface area (Å²) in [5, 5.41) is 6.34. The molecule has 2 rings (SSSR count). The van der Waals surface area contributed by atoms with Crippen LogP contribution in [0.4, 0.5) is 5.69 Å². The summed E-state index contributed by atoms with van der Waals surface area (Å²) in [5.74, 6) is 0. The first-order valence-electron chi connectivity index (χ1n) is 4.91. The number of aromatic nitrogens is 2. The van der Waals surface area contributed by atoms with E-state index < -0.39 is 10.0 Å². The maximum Gasteiger partial charge on any atom is 0.242 e. The lowest BCUT2D eigenvalue weighted by molar-refractivity contribution is 0.582. The number of nitrogens with one attached hydrogen (secondary N) is 2. The predicted molar refractivity (Wildman–Crippen MR) is 63.5 cm³/mol. The fourth-order valence-corrected chi connectivity index (χ4v) is 2.50. The Balaban J connectivity index is 2.17. The number of hydrogen-bond acceptors (Lipinski definition) is 4. The molecular formula is C10H12N4O2S. The van der Waals surface area contributed by atoms with Crippen LogP contribution in [0.2, 0.25) is 0 Å². The van der Waals surface area contributed by atoms with Gasteiger partial charge >= 0.3 is 0 Å². The Morgan fingerprint density at radius 1 is 1.35 bits per heavy atom. The molecule has 0 saturated heterocycles. The zero-order valence-electron chi connectivity index (χ0n) is 8.92. The zero-order chi connectivity index (χ0) is 12.3. The second kappa shape index (κ2) is 4.56. The maximum atomic E-state index is 11.9. The quantitative estimate of drug-likeness (QED) is 0.688. The molecule has 2 aromatic rings. The van der Waals surface area contributed by atoms with Crippen molar-refractivity contribution >= 4 is 15.7 Å². The Kier molecular flexibility index (Phi) is 3.12. The molecule has 4 N–H and O–H groups in total. The van der Waals surface area contributed by atoms with Crippen molar-refractivity contribution in [2.75, 3.05) is 5.73 Å². The Morgan fingerprint density at radius 2 is 2.12 bits per heavy atom. The van der Waals surface area contributed by atoms with Crippen molar-refractivity contribution in [3.8, 4) is 0 Å². The molecule has 0 bridgehead atoms. The van der Waals surface area contributed by atoms with E-state index in [9.17, 15) is 8.42 Å². The van der Waals surface area contributed by atoms with E-state index in [4.69, 9.17) is 5.73 Å². The number of anilines is 1. The minimum atomic E-state index is -3.58. The summed E-state index contributed by atoms with van der Waals surface area (Å²) in [7, 11) is -3.58. The molecule has 0 saturated carbocycles. The molecule has 0 aliphatic heterocycles. The van der Waals surface area contributed by atoms with Gasteiger partial charge in [0.1, 0.15) is 4.90 Å². The normalized spacial score (nSPS) is 11.5.